The fraction of sp³-hybridized carbons (Fsp3) is 0.333. The lowest BCUT2D eigenvalue weighted by molar-refractivity contribution is 0.644. The molecule has 1 aromatic heterocycles. The van der Waals surface area contributed by atoms with Gasteiger partial charge in [0.15, 0.2) is 5.82 Å². The van der Waals surface area contributed by atoms with Crippen molar-refractivity contribution in [3.05, 3.63) is 51.5 Å². The van der Waals surface area contributed by atoms with Crippen LogP contribution in [0.5, 0.6) is 0 Å². The van der Waals surface area contributed by atoms with Crippen molar-refractivity contribution < 1.29 is 0 Å². The maximum atomic E-state index is 12.3. The van der Waals surface area contributed by atoms with Crippen molar-refractivity contribution in [2.24, 2.45) is 0 Å². The molecule has 0 saturated heterocycles. The van der Waals surface area contributed by atoms with Crippen LogP contribution < -0.4 is 16.2 Å². The van der Waals surface area contributed by atoms with Crippen molar-refractivity contribution in [2.45, 2.75) is 26.4 Å². The zero-order valence-electron chi connectivity index (χ0n) is 12.2. The number of hydrogen-bond donors (Lipinski definition) is 1. The number of nitrogen functional groups attached to an aromatic ring is 1. The Morgan fingerprint density at radius 3 is 2.90 bits per heavy atom. The molecule has 2 rings (SSSR count). The van der Waals surface area contributed by atoms with E-state index in [4.69, 9.17) is 17.3 Å². The zero-order valence-corrected chi connectivity index (χ0v) is 13.0. The summed E-state index contributed by atoms with van der Waals surface area (Å²) >= 11 is 6.16. The standard InChI is InChI=1S/C15H19ClN4O/c1-3-7-20-8-6-18-14(15(20)21)19(2)10-11-9-12(17)4-5-13(11)16/h4-6,8-9H,3,7,10,17H2,1-2H3. The third kappa shape index (κ3) is 3.55. The molecule has 1 aromatic carbocycles. The molecule has 0 amide bonds. The van der Waals surface area contributed by atoms with Gasteiger partial charge >= 0.3 is 0 Å². The minimum atomic E-state index is -0.0955. The van der Waals surface area contributed by atoms with Crippen LogP contribution >= 0.6 is 11.6 Å². The first kappa shape index (κ1) is 15.4. The summed E-state index contributed by atoms with van der Waals surface area (Å²) in [4.78, 5) is 18.3. The van der Waals surface area contributed by atoms with Crippen LogP contribution in [0.3, 0.4) is 0 Å². The summed E-state index contributed by atoms with van der Waals surface area (Å²) in [5, 5.41) is 0.626. The quantitative estimate of drug-likeness (QED) is 0.862. The molecule has 5 nitrogen and oxygen atoms in total. The van der Waals surface area contributed by atoms with Gasteiger partial charge < -0.3 is 15.2 Å². The topological polar surface area (TPSA) is 64.2 Å². The summed E-state index contributed by atoms with van der Waals surface area (Å²) in [5.74, 6) is 0.407. The molecule has 0 aliphatic heterocycles. The van der Waals surface area contributed by atoms with Crippen molar-refractivity contribution in [3.63, 3.8) is 0 Å². The van der Waals surface area contributed by atoms with Gasteiger partial charge in [-0.15, -0.1) is 0 Å². The maximum absolute atomic E-state index is 12.3. The van der Waals surface area contributed by atoms with Gasteiger partial charge in [0, 0.05) is 43.2 Å². The third-order valence-electron chi connectivity index (χ3n) is 3.20. The number of rotatable bonds is 5. The molecule has 0 bridgehead atoms. The molecule has 0 aliphatic carbocycles. The molecule has 0 atom stereocenters. The van der Waals surface area contributed by atoms with E-state index in [1.165, 1.54) is 0 Å². The van der Waals surface area contributed by atoms with Gasteiger partial charge in [0.1, 0.15) is 0 Å². The fourth-order valence-electron chi connectivity index (χ4n) is 2.16. The first-order valence-corrected chi connectivity index (χ1v) is 7.21. The number of anilines is 2. The fourth-order valence-corrected chi connectivity index (χ4v) is 2.34. The average Bonchev–Trinajstić information content (AvgIpc) is 2.45. The molecule has 112 valence electrons. The second-order valence-corrected chi connectivity index (χ2v) is 5.36. The number of halogens is 1. The van der Waals surface area contributed by atoms with Crippen molar-refractivity contribution >= 4 is 23.1 Å². The summed E-state index contributed by atoms with van der Waals surface area (Å²) in [6, 6.07) is 5.32. The number of benzene rings is 1. The van der Waals surface area contributed by atoms with Crippen molar-refractivity contribution in [2.75, 3.05) is 17.7 Å². The molecule has 0 unspecified atom stereocenters. The second-order valence-electron chi connectivity index (χ2n) is 4.96. The van der Waals surface area contributed by atoms with E-state index in [1.54, 1.807) is 34.0 Å². The van der Waals surface area contributed by atoms with Gasteiger partial charge in [0.25, 0.3) is 5.56 Å². The summed E-state index contributed by atoms with van der Waals surface area (Å²) in [6.07, 6.45) is 4.24. The molecular weight excluding hydrogens is 288 g/mol. The number of aromatic nitrogens is 2. The molecule has 6 heteroatoms. The highest BCUT2D eigenvalue weighted by atomic mass is 35.5. The van der Waals surface area contributed by atoms with E-state index in [1.807, 2.05) is 20.0 Å². The lowest BCUT2D eigenvalue weighted by atomic mass is 10.2. The molecular formula is C15H19ClN4O. The van der Waals surface area contributed by atoms with Gasteiger partial charge in [0.2, 0.25) is 0 Å². The molecule has 0 spiro atoms. The molecule has 21 heavy (non-hydrogen) atoms. The minimum absolute atomic E-state index is 0.0955. The Kier molecular flexibility index (Phi) is 4.85. The Labute approximate surface area is 129 Å². The first-order chi connectivity index (χ1) is 10.0. The summed E-state index contributed by atoms with van der Waals surface area (Å²) in [7, 11) is 1.82. The van der Waals surface area contributed by atoms with Gasteiger partial charge in [0.05, 0.1) is 0 Å². The third-order valence-corrected chi connectivity index (χ3v) is 3.57. The molecule has 0 fully saturated rings. The molecule has 2 aromatic rings. The maximum Gasteiger partial charge on any atom is 0.293 e. The van der Waals surface area contributed by atoms with Gasteiger partial charge in [-0.1, -0.05) is 18.5 Å². The Balaban J connectivity index is 2.28. The zero-order chi connectivity index (χ0) is 15.4. The van der Waals surface area contributed by atoms with Crippen molar-refractivity contribution in [3.8, 4) is 0 Å². The predicted octanol–water partition coefficient (Wildman–Crippen LogP) is 2.53. The van der Waals surface area contributed by atoms with Crippen LogP contribution in [-0.4, -0.2) is 16.6 Å². The lowest BCUT2D eigenvalue weighted by Gasteiger charge is -2.19. The van der Waals surface area contributed by atoms with Gasteiger partial charge in [-0.2, -0.15) is 0 Å². The SMILES string of the molecule is CCCn1ccnc(N(C)Cc2cc(N)ccc2Cl)c1=O. The van der Waals surface area contributed by atoms with Crippen molar-refractivity contribution in [1.82, 2.24) is 9.55 Å². The van der Waals surface area contributed by atoms with E-state index < -0.39 is 0 Å². The smallest absolute Gasteiger partial charge is 0.293 e. The highest BCUT2D eigenvalue weighted by molar-refractivity contribution is 6.31. The van der Waals surface area contributed by atoms with E-state index in [2.05, 4.69) is 4.98 Å². The molecule has 0 radical (unpaired) electrons. The first-order valence-electron chi connectivity index (χ1n) is 6.83. The van der Waals surface area contributed by atoms with Crippen LogP contribution in [0.4, 0.5) is 11.5 Å². The molecule has 1 heterocycles. The highest BCUT2D eigenvalue weighted by Crippen LogP contribution is 2.21. The van der Waals surface area contributed by atoms with Crippen LogP contribution in [0.15, 0.2) is 35.4 Å². The molecule has 0 saturated carbocycles. The Bertz CT molecular complexity index is 684. The van der Waals surface area contributed by atoms with Gasteiger partial charge in [-0.05, 0) is 30.2 Å². The van der Waals surface area contributed by atoms with E-state index in [0.29, 0.717) is 29.6 Å². The Hall–Kier alpha value is -2.01. The highest BCUT2D eigenvalue weighted by Gasteiger charge is 2.12. The van der Waals surface area contributed by atoms with Crippen molar-refractivity contribution in [1.29, 1.82) is 0 Å². The Morgan fingerprint density at radius 2 is 2.19 bits per heavy atom. The number of nitrogens with two attached hydrogens (primary N) is 1. The minimum Gasteiger partial charge on any atom is -0.399 e. The Morgan fingerprint density at radius 1 is 1.43 bits per heavy atom. The monoisotopic (exact) mass is 306 g/mol. The van der Waals surface area contributed by atoms with E-state index in [0.717, 1.165) is 12.0 Å². The van der Waals surface area contributed by atoms with Crippen LogP contribution in [0.25, 0.3) is 0 Å². The van der Waals surface area contributed by atoms with Crippen LogP contribution in [-0.2, 0) is 13.1 Å². The van der Waals surface area contributed by atoms with E-state index in [9.17, 15) is 4.79 Å². The largest absolute Gasteiger partial charge is 0.399 e. The number of aryl methyl sites for hydroxylation is 1. The second kappa shape index (κ2) is 6.63. The van der Waals surface area contributed by atoms with Crippen LogP contribution in [0, 0.1) is 0 Å². The number of hydrogen-bond acceptors (Lipinski definition) is 4. The van der Waals surface area contributed by atoms with Crippen LogP contribution in [0.2, 0.25) is 5.02 Å². The normalized spacial score (nSPS) is 10.6. The van der Waals surface area contributed by atoms with E-state index >= 15 is 0 Å². The molecule has 2 N–H and O–H groups in total. The van der Waals surface area contributed by atoms with Gasteiger partial charge in [-0.25, -0.2) is 4.98 Å². The van der Waals surface area contributed by atoms with E-state index in [-0.39, 0.29) is 5.56 Å². The lowest BCUT2D eigenvalue weighted by Crippen LogP contribution is -2.30. The average molecular weight is 307 g/mol. The predicted molar refractivity (Wildman–Crippen MR) is 86.8 cm³/mol. The van der Waals surface area contributed by atoms with Crippen LogP contribution in [0.1, 0.15) is 18.9 Å². The summed E-state index contributed by atoms with van der Waals surface area (Å²) in [6.45, 7) is 3.19. The number of nitrogens with zero attached hydrogens (tertiary/aromatic N) is 3. The summed E-state index contributed by atoms with van der Waals surface area (Å²) < 4.78 is 1.67. The summed E-state index contributed by atoms with van der Waals surface area (Å²) in [5.41, 5.74) is 7.19. The molecule has 0 aliphatic rings. The van der Waals surface area contributed by atoms with Gasteiger partial charge in [-0.3, -0.25) is 4.79 Å².